The van der Waals surface area contributed by atoms with Crippen LogP contribution in [0.25, 0.3) is 0 Å². The van der Waals surface area contributed by atoms with Gasteiger partial charge >= 0.3 is 0 Å². The van der Waals surface area contributed by atoms with Crippen molar-refractivity contribution < 1.29 is 9.59 Å². The van der Waals surface area contributed by atoms with Gasteiger partial charge in [-0.2, -0.15) is 0 Å². The van der Waals surface area contributed by atoms with E-state index in [2.05, 4.69) is 90.2 Å². The monoisotopic (exact) mass is 566 g/mol. The first-order chi connectivity index (χ1) is 19.6. The lowest BCUT2D eigenvalue weighted by molar-refractivity contribution is -0.128. The quantitative estimate of drug-likeness (QED) is 0.184. The highest BCUT2D eigenvalue weighted by Gasteiger charge is 2.52. The Morgan fingerprint density at radius 1 is 0.667 bits per heavy atom. The van der Waals surface area contributed by atoms with E-state index in [9.17, 15) is 9.59 Å². The average Bonchev–Trinajstić information content (AvgIpc) is 3.10. The van der Waals surface area contributed by atoms with Crippen LogP contribution in [0.1, 0.15) is 101 Å². The molecule has 42 heavy (non-hydrogen) atoms. The first kappa shape index (κ1) is 34.9. The van der Waals surface area contributed by atoms with Crippen molar-refractivity contribution in [1.82, 2.24) is 0 Å². The van der Waals surface area contributed by atoms with Gasteiger partial charge in [-0.25, -0.2) is 0 Å². The van der Waals surface area contributed by atoms with Crippen LogP contribution in [0.3, 0.4) is 0 Å². The molecule has 0 radical (unpaired) electrons. The number of Topliss-reactive ketones (excluding diaryl/α,β-unsaturated/α-hetero) is 1. The Morgan fingerprint density at radius 3 is 1.67 bits per heavy atom. The fourth-order valence-corrected chi connectivity index (χ4v) is 5.76. The average molecular weight is 567 g/mol. The molecule has 0 heterocycles. The Kier molecular flexibility index (Phi) is 12.7. The molecule has 2 heteroatoms. The summed E-state index contributed by atoms with van der Waals surface area (Å²) in [6.07, 6.45) is 33.3. The molecule has 2 aliphatic rings. The molecular formula is C40H54O2. The fourth-order valence-electron chi connectivity index (χ4n) is 5.76. The number of ketones is 2. The van der Waals surface area contributed by atoms with Crippen LogP contribution in [0, 0.1) is 16.2 Å². The molecule has 226 valence electrons. The van der Waals surface area contributed by atoms with Gasteiger partial charge in [-0.15, -0.1) is 0 Å². The summed E-state index contributed by atoms with van der Waals surface area (Å²) in [4.78, 5) is 24.9. The van der Waals surface area contributed by atoms with Crippen molar-refractivity contribution in [2.75, 3.05) is 0 Å². The lowest BCUT2D eigenvalue weighted by Gasteiger charge is -2.35. The molecule has 0 bridgehead atoms. The Balaban J connectivity index is 1.88. The summed E-state index contributed by atoms with van der Waals surface area (Å²) in [5, 5.41) is 0. The second kappa shape index (κ2) is 15.3. The van der Waals surface area contributed by atoms with Crippen LogP contribution in [0.5, 0.6) is 0 Å². The largest absolute Gasteiger partial charge is 0.300 e. The number of carbonyl (C=O) groups excluding carboxylic acids is 2. The van der Waals surface area contributed by atoms with E-state index in [1.807, 2.05) is 58.1 Å². The van der Waals surface area contributed by atoms with Gasteiger partial charge in [0, 0.05) is 18.3 Å². The summed E-state index contributed by atoms with van der Waals surface area (Å²) < 4.78 is 0. The fraction of sp³-hybridized carbons (Fsp3) is 0.450. The van der Waals surface area contributed by atoms with Crippen LogP contribution in [-0.4, -0.2) is 11.6 Å². The molecule has 0 N–H and O–H groups in total. The van der Waals surface area contributed by atoms with Crippen LogP contribution in [-0.2, 0) is 9.59 Å². The normalized spacial score (nSPS) is 24.6. The lowest BCUT2D eigenvalue weighted by Crippen LogP contribution is -2.36. The van der Waals surface area contributed by atoms with Crippen LogP contribution in [0.15, 0.2) is 119 Å². The summed E-state index contributed by atoms with van der Waals surface area (Å²) in [7, 11) is 0. The van der Waals surface area contributed by atoms with E-state index >= 15 is 0 Å². The van der Waals surface area contributed by atoms with Crippen molar-refractivity contribution >= 4 is 11.6 Å². The molecular weight excluding hydrogens is 512 g/mol. The number of hydrogen-bond donors (Lipinski definition) is 0. The zero-order chi connectivity index (χ0) is 31.6. The standard InChI is InChI=1S/C40H54O2/c1-30(18-13-20-32(3)23-25-36-34(5)22-15-27-38(36,6)7)16-11-12-17-31(2)19-14-21-33(4)24-26-37(42)40(10)29-35(41)28-39(40,8)9/h11-14,16-21,23-26H,15,22,27-29H2,1-10H3/b12-11+,18-13+,19-14+,25-23+,26-24+,30-16+,31-17+,32-20+,33-21+. The molecule has 0 aliphatic heterocycles. The molecule has 0 aromatic heterocycles. The van der Waals surface area contributed by atoms with Crippen LogP contribution in [0.2, 0.25) is 0 Å². The third-order valence-electron chi connectivity index (χ3n) is 9.05. The van der Waals surface area contributed by atoms with Crippen LogP contribution >= 0.6 is 0 Å². The molecule has 0 aromatic rings. The van der Waals surface area contributed by atoms with Crippen molar-refractivity contribution in [2.24, 2.45) is 16.2 Å². The van der Waals surface area contributed by atoms with E-state index in [0.717, 1.165) is 11.1 Å². The van der Waals surface area contributed by atoms with Crippen molar-refractivity contribution in [3.63, 3.8) is 0 Å². The van der Waals surface area contributed by atoms with E-state index < -0.39 is 5.41 Å². The molecule has 2 nitrogen and oxygen atoms in total. The Bertz CT molecular complexity index is 1320. The van der Waals surface area contributed by atoms with Gasteiger partial charge in [-0.05, 0) is 76.4 Å². The minimum absolute atomic E-state index is 0.0317. The van der Waals surface area contributed by atoms with E-state index in [-0.39, 0.29) is 22.4 Å². The van der Waals surface area contributed by atoms with Gasteiger partial charge in [-0.1, -0.05) is 141 Å². The third-order valence-corrected chi connectivity index (χ3v) is 9.05. The molecule has 1 saturated carbocycles. The van der Waals surface area contributed by atoms with E-state index in [1.165, 1.54) is 41.6 Å². The van der Waals surface area contributed by atoms with Gasteiger partial charge in [0.05, 0.1) is 0 Å². The van der Waals surface area contributed by atoms with Crippen molar-refractivity contribution in [3.8, 4) is 0 Å². The summed E-state index contributed by atoms with van der Waals surface area (Å²) in [6, 6.07) is 0. The predicted molar refractivity (Wildman–Crippen MR) is 182 cm³/mol. The third kappa shape index (κ3) is 10.2. The van der Waals surface area contributed by atoms with E-state index in [0.29, 0.717) is 12.8 Å². The van der Waals surface area contributed by atoms with Gasteiger partial charge < -0.3 is 0 Å². The van der Waals surface area contributed by atoms with E-state index in [1.54, 1.807) is 6.08 Å². The van der Waals surface area contributed by atoms with Crippen molar-refractivity contribution in [3.05, 3.63) is 119 Å². The highest BCUT2D eigenvalue weighted by Crippen LogP contribution is 2.51. The molecule has 2 rings (SSSR count). The van der Waals surface area contributed by atoms with E-state index in [4.69, 9.17) is 0 Å². The summed E-state index contributed by atoms with van der Waals surface area (Å²) in [6.45, 7) is 21.2. The van der Waals surface area contributed by atoms with Crippen molar-refractivity contribution in [2.45, 2.75) is 101 Å². The second-order valence-electron chi connectivity index (χ2n) is 13.8. The van der Waals surface area contributed by atoms with Gasteiger partial charge in [0.15, 0.2) is 5.78 Å². The number of hydrogen-bond acceptors (Lipinski definition) is 2. The smallest absolute Gasteiger partial charge is 0.162 e. The lowest BCUT2D eigenvalue weighted by atomic mass is 9.66. The molecule has 1 atom stereocenters. The molecule has 0 aromatic carbocycles. The SMILES string of the molecule is CC1=C(/C=C/C(C)=C/C=C/C(C)=C/C=C/C=C(C)/C=C/C=C(C)/C=C/C(=O)C2(C)CC(=O)CC2(C)C)C(C)(C)CCC1. The molecule has 1 fully saturated rings. The Labute approximate surface area is 256 Å². The van der Waals surface area contributed by atoms with Crippen molar-refractivity contribution in [1.29, 1.82) is 0 Å². The number of carbonyl (C=O) groups is 2. The number of rotatable bonds is 11. The van der Waals surface area contributed by atoms with Gasteiger partial charge in [0.2, 0.25) is 0 Å². The summed E-state index contributed by atoms with van der Waals surface area (Å²) in [5.74, 6) is 0.208. The van der Waals surface area contributed by atoms with Crippen LogP contribution < -0.4 is 0 Å². The first-order valence-corrected chi connectivity index (χ1v) is 15.4. The highest BCUT2D eigenvalue weighted by atomic mass is 16.1. The first-order valence-electron chi connectivity index (χ1n) is 15.4. The zero-order valence-electron chi connectivity index (χ0n) is 27.9. The minimum atomic E-state index is -0.624. The highest BCUT2D eigenvalue weighted by molar-refractivity contribution is 6.01. The molecule has 0 spiro atoms. The maximum atomic E-state index is 12.9. The molecule has 0 amide bonds. The Morgan fingerprint density at radius 2 is 1.17 bits per heavy atom. The Hall–Kier alpha value is -3.26. The molecule has 2 aliphatic carbocycles. The van der Waals surface area contributed by atoms with Gasteiger partial charge in [-0.3, -0.25) is 9.59 Å². The second-order valence-corrected chi connectivity index (χ2v) is 13.8. The zero-order valence-corrected chi connectivity index (χ0v) is 27.9. The minimum Gasteiger partial charge on any atom is -0.300 e. The number of allylic oxidation sites excluding steroid dienone is 20. The van der Waals surface area contributed by atoms with Gasteiger partial charge in [0.25, 0.3) is 0 Å². The predicted octanol–water partition coefficient (Wildman–Crippen LogP) is 11.0. The van der Waals surface area contributed by atoms with Crippen LogP contribution in [0.4, 0.5) is 0 Å². The summed E-state index contributed by atoms with van der Waals surface area (Å²) >= 11 is 0. The topological polar surface area (TPSA) is 34.1 Å². The molecule has 1 unspecified atom stereocenters. The maximum absolute atomic E-state index is 12.9. The van der Waals surface area contributed by atoms with Gasteiger partial charge in [0.1, 0.15) is 5.78 Å². The molecule has 0 saturated heterocycles. The summed E-state index contributed by atoms with van der Waals surface area (Å²) in [5.41, 5.74) is 6.92. The maximum Gasteiger partial charge on any atom is 0.162 e.